The van der Waals surface area contributed by atoms with E-state index in [-0.39, 0.29) is 5.56 Å². The first-order valence-electron chi connectivity index (χ1n) is 3.31. The maximum absolute atomic E-state index is 11.1. The van der Waals surface area contributed by atoms with Crippen LogP contribution in [0.3, 0.4) is 0 Å². The zero-order valence-corrected chi connectivity index (χ0v) is 6.03. The van der Waals surface area contributed by atoms with Crippen molar-refractivity contribution >= 4 is 5.52 Å². The number of hydrogen-bond acceptors (Lipinski definition) is 2. The second kappa shape index (κ2) is 1.95. The summed E-state index contributed by atoms with van der Waals surface area (Å²) in [6.45, 7) is 1.75. The predicted molar refractivity (Wildman–Crippen MR) is 40.5 cm³/mol. The molecular formula is C7H7N3O. The summed E-state index contributed by atoms with van der Waals surface area (Å²) < 4.78 is 1.56. The Morgan fingerprint density at radius 1 is 1.64 bits per heavy atom. The summed E-state index contributed by atoms with van der Waals surface area (Å²) >= 11 is 0. The van der Waals surface area contributed by atoms with E-state index in [0.717, 1.165) is 0 Å². The number of aromatic nitrogens is 3. The molecule has 0 aliphatic rings. The summed E-state index contributed by atoms with van der Waals surface area (Å²) in [4.78, 5) is 13.8. The van der Waals surface area contributed by atoms with Gasteiger partial charge in [0, 0.05) is 6.20 Å². The van der Waals surface area contributed by atoms with E-state index in [2.05, 4.69) is 10.1 Å². The molecular weight excluding hydrogens is 142 g/mol. The Kier molecular flexibility index (Phi) is 1.09. The monoisotopic (exact) mass is 149 g/mol. The molecule has 0 saturated carbocycles. The molecule has 4 nitrogen and oxygen atoms in total. The smallest absolute Gasteiger partial charge is 0.275 e. The van der Waals surface area contributed by atoms with Crippen LogP contribution in [0.1, 0.15) is 5.82 Å². The normalized spacial score (nSPS) is 10.6. The number of nitrogens with one attached hydrogen (secondary N) is 1. The van der Waals surface area contributed by atoms with Crippen molar-refractivity contribution in [2.24, 2.45) is 0 Å². The molecule has 56 valence electrons. The van der Waals surface area contributed by atoms with Gasteiger partial charge in [-0.2, -0.15) is 5.10 Å². The minimum atomic E-state index is -0.0949. The highest BCUT2D eigenvalue weighted by atomic mass is 16.1. The highest BCUT2D eigenvalue weighted by Gasteiger charge is 1.97. The van der Waals surface area contributed by atoms with Crippen molar-refractivity contribution in [2.75, 3.05) is 0 Å². The van der Waals surface area contributed by atoms with Crippen LogP contribution in [0.15, 0.2) is 23.1 Å². The van der Waals surface area contributed by atoms with Crippen LogP contribution in [0.2, 0.25) is 0 Å². The molecule has 2 aromatic heterocycles. The van der Waals surface area contributed by atoms with E-state index in [1.54, 1.807) is 29.8 Å². The second-order valence-corrected chi connectivity index (χ2v) is 2.38. The van der Waals surface area contributed by atoms with Crippen LogP contribution in [0.4, 0.5) is 0 Å². The molecule has 0 aliphatic heterocycles. The lowest BCUT2D eigenvalue weighted by Gasteiger charge is -1.93. The molecule has 0 spiro atoms. The minimum Gasteiger partial charge on any atom is -0.307 e. The van der Waals surface area contributed by atoms with E-state index in [9.17, 15) is 4.79 Å². The van der Waals surface area contributed by atoms with Gasteiger partial charge in [-0.1, -0.05) is 0 Å². The van der Waals surface area contributed by atoms with Gasteiger partial charge in [-0.25, -0.2) is 4.52 Å². The lowest BCUT2D eigenvalue weighted by atomic mass is 10.5. The van der Waals surface area contributed by atoms with Crippen molar-refractivity contribution in [1.82, 2.24) is 14.6 Å². The second-order valence-electron chi connectivity index (χ2n) is 2.38. The van der Waals surface area contributed by atoms with Crippen LogP contribution < -0.4 is 5.56 Å². The van der Waals surface area contributed by atoms with Gasteiger partial charge >= 0.3 is 0 Å². The third-order valence-corrected chi connectivity index (χ3v) is 1.51. The van der Waals surface area contributed by atoms with Gasteiger partial charge in [-0.3, -0.25) is 4.79 Å². The summed E-state index contributed by atoms with van der Waals surface area (Å²) in [5.74, 6) is 0.624. The lowest BCUT2D eigenvalue weighted by molar-refractivity contribution is 0.842. The number of aromatic amines is 1. The van der Waals surface area contributed by atoms with Crippen molar-refractivity contribution in [2.45, 2.75) is 6.92 Å². The molecule has 4 heteroatoms. The van der Waals surface area contributed by atoms with Crippen molar-refractivity contribution in [3.63, 3.8) is 0 Å². The van der Waals surface area contributed by atoms with Crippen LogP contribution in [0.25, 0.3) is 5.52 Å². The van der Waals surface area contributed by atoms with E-state index >= 15 is 0 Å². The van der Waals surface area contributed by atoms with Crippen molar-refractivity contribution in [1.29, 1.82) is 0 Å². The summed E-state index contributed by atoms with van der Waals surface area (Å²) in [5, 5.41) is 4.06. The Morgan fingerprint density at radius 3 is 3.27 bits per heavy atom. The summed E-state index contributed by atoms with van der Waals surface area (Å²) in [5.41, 5.74) is 0.484. The van der Waals surface area contributed by atoms with E-state index in [1.807, 2.05) is 0 Å². The Morgan fingerprint density at radius 2 is 2.45 bits per heavy atom. The molecule has 0 aromatic carbocycles. The third-order valence-electron chi connectivity index (χ3n) is 1.51. The standard InChI is InChI=1S/C7H7N3O/c1-5-8-7(11)6-3-2-4-10(6)9-5/h2-4H,1H3,(H,8,9,11). The van der Waals surface area contributed by atoms with Gasteiger partial charge in [-0.05, 0) is 19.1 Å². The molecule has 0 unspecified atom stereocenters. The van der Waals surface area contributed by atoms with Crippen LogP contribution in [-0.2, 0) is 0 Å². The molecule has 2 heterocycles. The summed E-state index contributed by atoms with van der Waals surface area (Å²) in [6, 6.07) is 3.52. The van der Waals surface area contributed by atoms with E-state index in [1.165, 1.54) is 0 Å². The highest BCUT2D eigenvalue weighted by molar-refractivity contribution is 5.43. The topological polar surface area (TPSA) is 50.2 Å². The van der Waals surface area contributed by atoms with Gasteiger partial charge in [0.15, 0.2) is 0 Å². The van der Waals surface area contributed by atoms with Crippen LogP contribution >= 0.6 is 0 Å². The number of aryl methyl sites for hydroxylation is 1. The Hall–Kier alpha value is -1.58. The van der Waals surface area contributed by atoms with Gasteiger partial charge in [0.2, 0.25) is 0 Å². The first kappa shape index (κ1) is 6.15. The number of fused-ring (bicyclic) bond motifs is 1. The van der Waals surface area contributed by atoms with Gasteiger partial charge < -0.3 is 4.98 Å². The fraction of sp³-hybridized carbons (Fsp3) is 0.143. The molecule has 0 bridgehead atoms. The average molecular weight is 149 g/mol. The van der Waals surface area contributed by atoms with Crippen LogP contribution in [-0.4, -0.2) is 14.6 Å². The molecule has 2 rings (SSSR count). The van der Waals surface area contributed by atoms with Gasteiger partial charge in [0.25, 0.3) is 5.56 Å². The number of H-pyrrole nitrogens is 1. The molecule has 0 aliphatic carbocycles. The van der Waals surface area contributed by atoms with Crippen molar-refractivity contribution < 1.29 is 0 Å². The van der Waals surface area contributed by atoms with Crippen LogP contribution in [0, 0.1) is 6.92 Å². The quantitative estimate of drug-likeness (QED) is 0.586. The molecule has 0 radical (unpaired) electrons. The van der Waals surface area contributed by atoms with E-state index in [4.69, 9.17) is 0 Å². The highest BCUT2D eigenvalue weighted by Crippen LogP contribution is 1.93. The van der Waals surface area contributed by atoms with Crippen LogP contribution in [0.5, 0.6) is 0 Å². The average Bonchev–Trinajstić information content (AvgIpc) is 2.34. The Balaban J connectivity index is 3.02. The largest absolute Gasteiger partial charge is 0.307 e. The Labute approximate surface area is 62.5 Å². The lowest BCUT2D eigenvalue weighted by Crippen LogP contribution is -2.12. The maximum Gasteiger partial charge on any atom is 0.275 e. The minimum absolute atomic E-state index is 0.0949. The van der Waals surface area contributed by atoms with Crippen molar-refractivity contribution in [3.8, 4) is 0 Å². The SMILES string of the molecule is Cc1nn2cccc2c(=O)[nH]1. The van der Waals surface area contributed by atoms with Gasteiger partial charge in [0.05, 0.1) is 0 Å². The molecule has 0 fully saturated rings. The summed E-state index contributed by atoms with van der Waals surface area (Å²) in [6.07, 6.45) is 1.75. The molecule has 0 atom stereocenters. The van der Waals surface area contributed by atoms with Gasteiger partial charge in [0.1, 0.15) is 11.3 Å². The third kappa shape index (κ3) is 0.832. The van der Waals surface area contributed by atoms with E-state index in [0.29, 0.717) is 11.3 Å². The number of hydrogen-bond donors (Lipinski definition) is 1. The first-order valence-corrected chi connectivity index (χ1v) is 3.31. The van der Waals surface area contributed by atoms with Gasteiger partial charge in [-0.15, -0.1) is 0 Å². The molecule has 0 saturated heterocycles. The first-order chi connectivity index (χ1) is 5.27. The van der Waals surface area contributed by atoms with Crippen molar-refractivity contribution in [3.05, 3.63) is 34.5 Å². The van der Waals surface area contributed by atoms with E-state index < -0.39 is 0 Å². The molecule has 2 aromatic rings. The molecule has 11 heavy (non-hydrogen) atoms. The number of nitrogens with zero attached hydrogens (tertiary/aromatic N) is 2. The molecule has 0 amide bonds. The summed E-state index contributed by atoms with van der Waals surface area (Å²) in [7, 11) is 0. The molecule has 1 N–H and O–H groups in total. The zero-order chi connectivity index (χ0) is 7.84. The maximum atomic E-state index is 11.1. The fourth-order valence-electron chi connectivity index (χ4n) is 1.05. The zero-order valence-electron chi connectivity index (χ0n) is 6.03. The Bertz CT molecular complexity index is 440. The number of rotatable bonds is 0. The predicted octanol–water partition coefficient (Wildman–Crippen LogP) is 0.331. The fourth-order valence-corrected chi connectivity index (χ4v) is 1.05.